The third-order valence-electron chi connectivity index (χ3n) is 4.68. The fourth-order valence-electron chi connectivity index (χ4n) is 3.42. The minimum atomic E-state index is -0.381. The van der Waals surface area contributed by atoms with Crippen LogP contribution in [0, 0.1) is 10.1 Å². The first-order valence-electron chi connectivity index (χ1n) is 7.88. The molecule has 0 aromatic heterocycles. The van der Waals surface area contributed by atoms with Crippen LogP contribution in [-0.2, 0) is 11.2 Å². The summed E-state index contributed by atoms with van der Waals surface area (Å²) in [6.07, 6.45) is 3.47. The summed E-state index contributed by atoms with van der Waals surface area (Å²) in [4.78, 5) is 27.0. The van der Waals surface area contributed by atoms with Crippen molar-refractivity contribution in [1.29, 1.82) is 0 Å². The van der Waals surface area contributed by atoms with Crippen molar-refractivity contribution in [1.82, 2.24) is 4.90 Å². The zero-order valence-electron chi connectivity index (χ0n) is 12.8. The topological polar surface area (TPSA) is 66.7 Å². The summed E-state index contributed by atoms with van der Waals surface area (Å²) in [5, 5.41) is 10.9. The highest BCUT2D eigenvalue weighted by Crippen LogP contribution is 2.31. The molecular weight excluding hydrogens is 282 g/mol. The number of carbonyl (C=O) groups excluding carboxylic acids is 1. The molecule has 6 nitrogen and oxygen atoms in total. The number of nitrogens with zero attached hydrogens (tertiary/aromatic N) is 3. The zero-order valence-corrected chi connectivity index (χ0v) is 12.8. The summed E-state index contributed by atoms with van der Waals surface area (Å²) < 4.78 is 0. The number of hydrogen-bond donors (Lipinski definition) is 0. The molecule has 2 heterocycles. The van der Waals surface area contributed by atoms with Crippen molar-refractivity contribution >= 4 is 17.3 Å². The van der Waals surface area contributed by atoms with Crippen LogP contribution >= 0.6 is 0 Å². The molecule has 1 aromatic carbocycles. The first-order valence-corrected chi connectivity index (χ1v) is 7.88. The van der Waals surface area contributed by atoms with Crippen LogP contribution in [0.3, 0.4) is 0 Å². The van der Waals surface area contributed by atoms with E-state index < -0.39 is 0 Å². The Bertz CT molecular complexity index is 596. The average molecular weight is 303 g/mol. The van der Waals surface area contributed by atoms with Crippen LogP contribution in [0.4, 0.5) is 11.4 Å². The van der Waals surface area contributed by atoms with E-state index >= 15 is 0 Å². The largest absolute Gasteiger partial charge is 0.311 e. The molecule has 2 aliphatic rings. The molecule has 1 aromatic rings. The Morgan fingerprint density at radius 1 is 1.27 bits per heavy atom. The van der Waals surface area contributed by atoms with Gasteiger partial charge in [-0.05, 0) is 50.9 Å². The van der Waals surface area contributed by atoms with Crippen molar-refractivity contribution in [3.63, 3.8) is 0 Å². The number of fused-ring (bicyclic) bond motifs is 1. The van der Waals surface area contributed by atoms with Gasteiger partial charge in [-0.3, -0.25) is 19.8 Å². The standard InChI is InChI=1S/C16H21N3O3/c1-12(17-8-2-3-9-17)11-18-15-6-5-14(19(21)22)10-13(15)4-7-16(18)20/h5-6,10,12H,2-4,7-9,11H2,1H3. The predicted molar refractivity (Wildman–Crippen MR) is 84.0 cm³/mol. The van der Waals surface area contributed by atoms with Crippen LogP contribution in [0.2, 0.25) is 0 Å². The van der Waals surface area contributed by atoms with Gasteiger partial charge in [0.2, 0.25) is 5.91 Å². The molecule has 1 fully saturated rings. The monoisotopic (exact) mass is 303 g/mol. The molecule has 0 radical (unpaired) electrons. The number of nitro groups is 1. The third-order valence-corrected chi connectivity index (χ3v) is 4.68. The lowest BCUT2D eigenvalue weighted by Gasteiger charge is -2.34. The summed E-state index contributed by atoms with van der Waals surface area (Å²) in [7, 11) is 0. The number of carbonyl (C=O) groups is 1. The number of non-ortho nitro benzene ring substituents is 1. The van der Waals surface area contributed by atoms with Crippen molar-refractivity contribution in [2.45, 2.75) is 38.6 Å². The van der Waals surface area contributed by atoms with E-state index in [1.54, 1.807) is 12.1 Å². The van der Waals surface area contributed by atoms with E-state index in [0.29, 0.717) is 25.4 Å². The Balaban J connectivity index is 1.82. The molecule has 118 valence electrons. The molecule has 0 saturated carbocycles. The van der Waals surface area contributed by atoms with E-state index in [4.69, 9.17) is 0 Å². The highest BCUT2D eigenvalue weighted by atomic mass is 16.6. The molecule has 6 heteroatoms. The SMILES string of the molecule is CC(CN1C(=O)CCc2cc([N+](=O)[O-])ccc21)N1CCCC1. The number of amides is 1. The van der Waals surface area contributed by atoms with Gasteiger partial charge in [0.25, 0.3) is 5.69 Å². The number of anilines is 1. The van der Waals surface area contributed by atoms with Crippen molar-refractivity contribution < 1.29 is 9.72 Å². The molecule has 0 bridgehead atoms. The van der Waals surface area contributed by atoms with Gasteiger partial charge in [0, 0.05) is 36.8 Å². The quantitative estimate of drug-likeness (QED) is 0.632. The van der Waals surface area contributed by atoms with Crippen molar-refractivity contribution in [3.8, 4) is 0 Å². The second kappa shape index (κ2) is 6.04. The second-order valence-corrected chi connectivity index (χ2v) is 6.17. The van der Waals surface area contributed by atoms with Crippen LogP contribution < -0.4 is 4.90 Å². The number of nitro benzene ring substituents is 1. The molecule has 1 amide bonds. The summed E-state index contributed by atoms with van der Waals surface area (Å²) in [6.45, 7) is 4.99. The predicted octanol–water partition coefficient (Wildman–Crippen LogP) is 2.36. The summed E-state index contributed by atoms with van der Waals surface area (Å²) >= 11 is 0. The molecule has 2 aliphatic heterocycles. The second-order valence-electron chi connectivity index (χ2n) is 6.17. The Hall–Kier alpha value is -1.95. The lowest BCUT2D eigenvalue weighted by atomic mass is 10.00. The fourth-order valence-corrected chi connectivity index (χ4v) is 3.42. The molecule has 1 unspecified atom stereocenters. The van der Waals surface area contributed by atoms with Gasteiger partial charge >= 0.3 is 0 Å². The van der Waals surface area contributed by atoms with Gasteiger partial charge in [0.05, 0.1) is 4.92 Å². The number of hydrogen-bond acceptors (Lipinski definition) is 4. The van der Waals surface area contributed by atoms with E-state index in [2.05, 4.69) is 11.8 Å². The molecule has 1 saturated heterocycles. The van der Waals surface area contributed by atoms with Crippen LogP contribution in [-0.4, -0.2) is 41.4 Å². The Kier molecular flexibility index (Phi) is 4.11. The Labute approximate surface area is 129 Å². The molecule has 1 atom stereocenters. The molecule has 0 N–H and O–H groups in total. The average Bonchev–Trinajstić information content (AvgIpc) is 3.04. The minimum absolute atomic E-state index is 0.0978. The smallest absolute Gasteiger partial charge is 0.269 e. The molecule has 3 rings (SSSR count). The van der Waals surface area contributed by atoms with Crippen molar-refractivity contribution in [3.05, 3.63) is 33.9 Å². The normalized spacial score (nSPS) is 20.0. The first kappa shape index (κ1) is 15.0. The number of benzene rings is 1. The Morgan fingerprint density at radius 2 is 2.00 bits per heavy atom. The first-order chi connectivity index (χ1) is 10.6. The van der Waals surface area contributed by atoms with Gasteiger partial charge in [0.1, 0.15) is 0 Å². The van der Waals surface area contributed by atoms with Crippen LogP contribution in [0.1, 0.15) is 31.7 Å². The van der Waals surface area contributed by atoms with E-state index in [0.717, 1.165) is 24.3 Å². The van der Waals surface area contributed by atoms with Gasteiger partial charge in [-0.25, -0.2) is 0 Å². The lowest BCUT2D eigenvalue weighted by molar-refractivity contribution is -0.384. The number of aryl methyl sites for hydroxylation is 1. The van der Waals surface area contributed by atoms with E-state index in [1.165, 1.54) is 18.9 Å². The molecule has 0 aliphatic carbocycles. The Morgan fingerprint density at radius 3 is 2.68 bits per heavy atom. The molecular formula is C16H21N3O3. The summed E-state index contributed by atoms with van der Waals surface area (Å²) in [5.74, 6) is 0.118. The van der Waals surface area contributed by atoms with Crippen molar-refractivity contribution in [2.24, 2.45) is 0 Å². The maximum atomic E-state index is 12.3. The fraction of sp³-hybridized carbons (Fsp3) is 0.562. The van der Waals surface area contributed by atoms with Gasteiger partial charge in [0.15, 0.2) is 0 Å². The zero-order chi connectivity index (χ0) is 15.7. The van der Waals surface area contributed by atoms with E-state index in [-0.39, 0.29) is 16.5 Å². The maximum Gasteiger partial charge on any atom is 0.269 e. The van der Waals surface area contributed by atoms with Crippen LogP contribution in [0.5, 0.6) is 0 Å². The highest BCUT2D eigenvalue weighted by Gasteiger charge is 2.29. The van der Waals surface area contributed by atoms with Crippen LogP contribution in [0.15, 0.2) is 18.2 Å². The van der Waals surface area contributed by atoms with Crippen LogP contribution in [0.25, 0.3) is 0 Å². The third kappa shape index (κ3) is 2.83. The highest BCUT2D eigenvalue weighted by molar-refractivity contribution is 5.96. The summed E-state index contributed by atoms with van der Waals surface area (Å²) in [5.41, 5.74) is 1.84. The molecule has 22 heavy (non-hydrogen) atoms. The van der Waals surface area contributed by atoms with Gasteiger partial charge in [-0.2, -0.15) is 0 Å². The van der Waals surface area contributed by atoms with Gasteiger partial charge in [-0.15, -0.1) is 0 Å². The molecule has 0 spiro atoms. The van der Waals surface area contributed by atoms with Crippen molar-refractivity contribution in [2.75, 3.05) is 24.5 Å². The van der Waals surface area contributed by atoms with E-state index in [9.17, 15) is 14.9 Å². The number of rotatable bonds is 4. The minimum Gasteiger partial charge on any atom is -0.311 e. The number of likely N-dealkylation sites (tertiary alicyclic amines) is 1. The lowest BCUT2D eigenvalue weighted by Crippen LogP contribution is -2.45. The summed E-state index contributed by atoms with van der Waals surface area (Å²) in [6, 6.07) is 5.13. The van der Waals surface area contributed by atoms with Gasteiger partial charge in [-0.1, -0.05) is 0 Å². The van der Waals surface area contributed by atoms with Gasteiger partial charge < -0.3 is 4.90 Å². The maximum absolute atomic E-state index is 12.3. The van der Waals surface area contributed by atoms with E-state index in [1.807, 2.05) is 4.90 Å².